The molecule has 0 saturated heterocycles. The molecule has 0 aromatic heterocycles. The Bertz CT molecular complexity index is 2610. The van der Waals surface area contributed by atoms with Gasteiger partial charge in [-0.25, -0.2) is 0 Å². The van der Waals surface area contributed by atoms with Crippen LogP contribution in [0, 0.1) is 6.92 Å². The van der Waals surface area contributed by atoms with Crippen LogP contribution in [-0.2, 0) is 16.2 Å². The molecule has 0 N–H and O–H groups in total. The second kappa shape index (κ2) is 14.5. The zero-order valence-electron chi connectivity index (χ0n) is 36.4. The van der Waals surface area contributed by atoms with Gasteiger partial charge in [0.25, 0.3) is 0 Å². The van der Waals surface area contributed by atoms with Crippen LogP contribution < -0.4 is 20.7 Å². The summed E-state index contributed by atoms with van der Waals surface area (Å²) >= 11 is 0. The van der Waals surface area contributed by atoms with Crippen molar-refractivity contribution in [3.63, 3.8) is 0 Å². The van der Waals surface area contributed by atoms with Gasteiger partial charge in [-0.15, -0.1) is 0 Å². The molecule has 7 aromatic rings. The second-order valence-corrected chi connectivity index (χ2v) is 19.5. The Balaban J connectivity index is 1.35. The standard InChI is InChI=1S/C56H57BN2/c1-37-31-50(58(9)43-27-25-39(26-28-43)38-19-13-10-14-20-38)52-51(32-37)59(49-36-47-46(35-48(49)57-52)55(5,6)29-30-56(47,7)8)53-44(40-21-15-11-16-22-40)33-42(54(2,3)4)34-45(53)41-23-17-12-18-24-41/h10-28,31-36,57H,29-30H2,1-9H3. The zero-order valence-corrected chi connectivity index (χ0v) is 36.4. The van der Waals surface area contributed by atoms with Crippen molar-refractivity contribution in [3.05, 3.63) is 174 Å². The average molecular weight is 769 g/mol. The van der Waals surface area contributed by atoms with Gasteiger partial charge in [-0.05, 0) is 128 Å². The van der Waals surface area contributed by atoms with Crippen molar-refractivity contribution >= 4 is 46.6 Å². The molecule has 7 aromatic carbocycles. The van der Waals surface area contributed by atoms with Gasteiger partial charge in [-0.1, -0.05) is 163 Å². The van der Waals surface area contributed by atoms with E-state index in [9.17, 15) is 0 Å². The minimum absolute atomic E-state index is 0.0550. The molecule has 0 bridgehead atoms. The fourth-order valence-electron chi connectivity index (χ4n) is 9.65. The molecule has 3 heteroatoms. The molecule has 0 amide bonds. The number of nitrogens with zero attached hydrogens (tertiary/aromatic N) is 2. The van der Waals surface area contributed by atoms with Gasteiger partial charge < -0.3 is 9.80 Å². The molecule has 0 unspecified atom stereocenters. The molecular weight excluding hydrogens is 711 g/mol. The Hall–Kier alpha value is -5.80. The normalized spacial score (nSPS) is 15.1. The van der Waals surface area contributed by atoms with E-state index in [0.717, 1.165) is 7.28 Å². The minimum atomic E-state index is -0.0550. The number of rotatable bonds is 6. The van der Waals surface area contributed by atoms with E-state index in [1.54, 1.807) is 0 Å². The van der Waals surface area contributed by atoms with Crippen LogP contribution in [0.15, 0.2) is 152 Å². The molecule has 1 aliphatic heterocycles. The SMILES string of the molecule is Cc1cc(N(C)c2ccc(-c3ccccc3)cc2)c2c(c1)N(c1c(-c3ccccc3)cc(C(C)(C)C)cc1-c1ccccc1)c1cc3c(cc1B2)C(C)(C)CCC3(C)C. The smallest absolute Gasteiger partial charge is 0.200 e. The van der Waals surface area contributed by atoms with Crippen LogP contribution in [0.5, 0.6) is 0 Å². The van der Waals surface area contributed by atoms with E-state index in [-0.39, 0.29) is 16.2 Å². The third-order valence-corrected chi connectivity index (χ3v) is 13.3. The molecule has 0 fully saturated rings. The van der Waals surface area contributed by atoms with Crippen molar-refractivity contribution in [1.29, 1.82) is 0 Å². The number of fused-ring (bicyclic) bond motifs is 3. The highest BCUT2D eigenvalue weighted by Gasteiger charge is 2.40. The first-order valence-corrected chi connectivity index (χ1v) is 21.5. The van der Waals surface area contributed by atoms with E-state index in [0.29, 0.717) is 0 Å². The van der Waals surface area contributed by atoms with Crippen LogP contribution in [0.3, 0.4) is 0 Å². The lowest BCUT2D eigenvalue weighted by Crippen LogP contribution is -2.44. The summed E-state index contributed by atoms with van der Waals surface area (Å²) in [6.45, 7) is 19.1. The third-order valence-electron chi connectivity index (χ3n) is 13.3. The number of hydrogen-bond donors (Lipinski definition) is 0. The lowest BCUT2D eigenvalue weighted by molar-refractivity contribution is 0.332. The summed E-state index contributed by atoms with van der Waals surface area (Å²) in [7, 11) is 3.10. The summed E-state index contributed by atoms with van der Waals surface area (Å²) in [5.41, 5.74) is 22.0. The highest BCUT2D eigenvalue weighted by molar-refractivity contribution is 6.73. The molecule has 0 atom stereocenters. The molecule has 2 nitrogen and oxygen atoms in total. The van der Waals surface area contributed by atoms with E-state index < -0.39 is 0 Å². The number of hydrogen-bond acceptors (Lipinski definition) is 2. The summed E-state index contributed by atoms with van der Waals surface area (Å²) in [5.74, 6) is 0. The first-order chi connectivity index (χ1) is 28.2. The van der Waals surface area contributed by atoms with Gasteiger partial charge >= 0.3 is 0 Å². The summed E-state index contributed by atoms with van der Waals surface area (Å²) in [6, 6.07) is 56.9. The highest BCUT2D eigenvalue weighted by Crippen LogP contribution is 2.52. The van der Waals surface area contributed by atoms with Crippen molar-refractivity contribution in [2.75, 3.05) is 16.8 Å². The van der Waals surface area contributed by atoms with E-state index in [4.69, 9.17) is 0 Å². The molecule has 0 radical (unpaired) electrons. The van der Waals surface area contributed by atoms with E-state index in [2.05, 4.69) is 224 Å². The molecule has 2 aliphatic rings. The topological polar surface area (TPSA) is 6.48 Å². The zero-order chi connectivity index (χ0) is 41.3. The highest BCUT2D eigenvalue weighted by atomic mass is 15.2. The maximum Gasteiger partial charge on any atom is 0.200 e. The number of anilines is 5. The van der Waals surface area contributed by atoms with Crippen LogP contribution in [0.25, 0.3) is 33.4 Å². The van der Waals surface area contributed by atoms with Crippen molar-refractivity contribution in [2.45, 2.75) is 84.5 Å². The summed E-state index contributed by atoms with van der Waals surface area (Å²) in [4.78, 5) is 5.08. The van der Waals surface area contributed by atoms with E-state index in [1.165, 1.54) is 108 Å². The van der Waals surface area contributed by atoms with Gasteiger partial charge in [0.2, 0.25) is 7.28 Å². The summed E-state index contributed by atoms with van der Waals surface area (Å²) in [5, 5.41) is 0. The molecule has 294 valence electrons. The Labute approximate surface area is 353 Å². The quantitative estimate of drug-likeness (QED) is 0.155. The summed E-state index contributed by atoms with van der Waals surface area (Å²) in [6.07, 6.45) is 2.35. The van der Waals surface area contributed by atoms with E-state index >= 15 is 0 Å². The Morgan fingerprint density at radius 3 is 1.58 bits per heavy atom. The molecule has 59 heavy (non-hydrogen) atoms. The third kappa shape index (κ3) is 6.99. The largest absolute Gasteiger partial charge is 0.345 e. The van der Waals surface area contributed by atoms with Gasteiger partial charge in [0.1, 0.15) is 0 Å². The molecule has 0 spiro atoms. The number of benzene rings is 7. The van der Waals surface area contributed by atoms with Crippen LogP contribution in [0.1, 0.15) is 83.6 Å². The van der Waals surface area contributed by atoms with Crippen LogP contribution in [0.2, 0.25) is 0 Å². The summed E-state index contributed by atoms with van der Waals surface area (Å²) < 4.78 is 0. The fourth-order valence-corrected chi connectivity index (χ4v) is 9.65. The molecule has 1 heterocycles. The molecular formula is C56H57BN2. The molecule has 1 aliphatic carbocycles. The minimum Gasteiger partial charge on any atom is -0.345 e. The van der Waals surface area contributed by atoms with E-state index in [1.807, 2.05) is 0 Å². The van der Waals surface area contributed by atoms with Gasteiger partial charge in [0, 0.05) is 40.9 Å². The van der Waals surface area contributed by atoms with Crippen LogP contribution in [0.4, 0.5) is 28.4 Å². The van der Waals surface area contributed by atoms with Crippen molar-refractivity contribution in [1.82, 2.24) is 0 Å². The van der Waals surface area contributed by atoms with Crippen LogP contribution in [-0.4, -0.2) is 14.3 Å². The van der Waals surface area contributed by atoms with Gasteiger partial charge in [0.15, 0.2) is 0 Å². The lowest BCUT2D eigenvalue weighted by atomic mass is 9.55. The first-order valence-electron chi connectivity index (χ1n) is 21.5. The lowest BCUT2D eigenvalue weighted by Gasteiger charge is -2.45. The monoisotopic (exact) mass is 768 g/mol. The van der Waals surface area contributed by atoms with Crippen LogP contribution >= 0.6 is 0 Å². The molecule has 9 rings (SSSR count). The predicted molar refractivity (Wildman–Crippen MR) is 257 cm³/mol. The Morgan fingerprint density at radius 1 is 0.559 bits per heavy atom. The Morgan fingerprint density at radius 2 is 1.05 bits per heavy atom. The maximum atomic E-state index is 2.67. The van der Waals surface area contributed by atoms with Gasteiger partial charge in [0.05, 0.1) is 5.69 Å². The predicted octanol–water partition coefficient (Wildman–Crippen LogP) is 13.6. The Kier molecular flexibility index (Phi) is 9.50. The average Bonchev–Trinajstić information content (AvgIpc) is 3.24. The fraction of sp³-hybridized carbons (Fsp3) is 0.250. The second-order valence-electron chi connectivity index (χ2n) is 19.5. The first kappa shape index (κ1) is 38.7. The van der Waals surface area contributed by atoms with Crippen molar-refractivity contribution < 1.29 is 0 Å². The van der Waals surface area contributed by atoms with Gasteiger partial charge in [-0.3, -0.25) is 0 Å². The maximum absolute atomic E-state index is 2.67. The van der Waals surface area contributed by atoms with Gasteiger partial charge in [-0.2, -0.15) is 0 Å². The van der Waals surface area contributed by atoms with Crippen molar-refractivity contribution in [2.24, 2.45) is 0 Å². The molecule has 0 saturated carbocycles. The van der Waals surface area contributed by atoms with Crippen molar-refractivity contribution in [3.8, 4) is 33.4 Å². The number of aryl methyl sites for hydroxylation is 1.